The molecule has 1 amide bonds. The Kier molecular flexibility index (Phi) is 7.39. The van der Waals surface area contributed by atoms with Crippen LogP contribution in [0.15, 0.2) is 66.2 Å². The molecule has 1 atom stereocenters. The van der Waals surface area contributed by atoms with Gasteiger partial charge >= 0.3 is 5.97 Å². The Morgan fingerprint density at radius 3 is 2.26 bits per heavy atom. The summed E-state index contributed by atoms with van der Waals surface area (Å²) in [4.78, 5) is 40.1. The molecule has 0 radical (unpaired) electrons. The Balaban J connectivity index is 1.98. The van der Waals surface area contributed by atoms with Gasteiger partial charge < -0.3 is 14.6 Å². The number of carbonyl (C=O) groups excluding carboxylic acids is 3. The maximum atomic E-state index is 13.5. The fraction of sp³-hybridized carbons (Fsp3) is 0.258. The van der Waals surface area contributed by atoms with Crippen LogP contribution in [0.5, 0.6) is 11.5 Å². The highest BCUT2D eigenvalue weighted by atomic mass is 16.5. The molecule has 1 unspecified atom stereocenters. The fourth-order valence-corrected chi connectivity index (χ4v) is 4.91. The average Bonchev–Trinajstić information content (AvgIpc) is 3.12. The number of anilines is 1. The van der Waals surface area contributed by atoms with Crippen molar-refractivity contribution in [2.45, 2.75) is 46.6 Å². The summed E-state index contributed by atoms with van der Waals surface area (Å²) >= 11 is 0. The summed E-state index contributed by atoms with van der Waals surface area (Å²) in [6.07, 6.45) is 0. The number of methoxy groups -OCH3 is 1. The van der Waals surface area contributed by atoms with Crippen molar-refractivity contribution in [2.24, 2.45) is 0 Å². The normalized spacial score (nSPS) is 16.7. The van der Waals surface area contributed by atoms with Gasteiger partial charge in [-0.05, 0) is 84.5 Å². The number of hydrogen-bond acceptors (Lipinski definition) is 6. The van der Waals surface area contributed by atoms with Crippen LogP contribution in [-0.4, -0.2) is 29.9 Å². The molecule has 0 aromatic heterocycles. The first-order valence-electron chi connectivity index (χ1n) is 12.4. The molecule has 0 saturated carbocycles. The lowest BCUT2D eigenvalue weighted by molar-refractivity contribution is -0.132. The highest BCUT2D eigenvalue weighted by Crippen LogP contribution is 2.43. The van der Waals surface area contributed by atoms with E-state index in [9.17, 15) is 19.5 Å². The predicted molar refractivity (Wildman–Crippen MR) is 146 cm³/mol. The zero-order chi connectivity index (χ0) is 27.7. The Labute approximate surface area is 222 Å². The van der Waals surface area contributed by atoms with E-state index in [2.05, 4.69) is 0 Å². The van der Waals surface area contributed by atoms with Crippen LogP contribution in [-0.2, 0) is 14.4 Å². The first kappa shape index (κ1) is 26.7. The number of ether oxygens (including phenoxy) is 2. The molecule has 1 heterocycles. The largest absolute Gasteiger partial charge is 0.507 e. The quantitative estimate of drug-likeness (QED) is 0.143. The molecule has 1 aliphatic heterocycles. The number of aliphatic hydroxyl groups is 1. The lowest BCUT2D eigenvalue weighted by Gasteiger charge is -2.26. The molecule has 3 aromatic rings. The van der Waals surface area contributed by atoms with Crippen molar-refractivity contribution in [1.82, 2.24) is 0 Å². The molecule has 0 bridgehead atoms. The van der Waals surface area contributed by atoms with E-state index in [0.29, 0.717) is 22.6 Å². The number of amides is 1. The average molecular weight is 514 g/mol. The summed E-state index contributed by atoms with van der Waals surface area (Å²) in [5.74, 6) is -1.31. The highest BCUT2D eigenvalue weighted by molar-refractivity contribution is 6.51. The SMILES string of the molecule is COc1ccc(/C(O)=C2\C(=O)C(=O)N(c3cc(C)cc(C)c3)C2c2cccc(OC(C)=O)c2)cc1C(C)C. The molecule has 0 aliphatic carbocycles. The van der Waals surface area contributed by atoms with E-state index in [1.165, 1.54) is 11.8 Å². The number of ketones is 1. The number of benzene rings is 3. The zero-order valence-electron chi connectivity index (χ0n) is 22.4. The Morgan fingerprint density at radius 1 is 0.974 bits per heavy atom. The lowest BCUT2D eigenvalue weighted by Crippen LogP contribution is -2.29. The van der Waals surface area contributed by atoms with Crippen LogP contribution in [0, 0.1) is 13.8 Å². The van der Waals surface area contributed by atoms with Gasteiger partial charge in [-0.25, -0.2) is 0 Å². The first-order valence-corrected chi connectivity index (χ1v) is 12.4. The van der Waals surface area contributed by atoms with Gasteiger partial charge in [0.25, 0.3) is 11.7 Å². The minimum atomic E-state index is -0.948. The Bertz CT molecular complexity index is 1450. The van der Waals surface area contributed by atoms with Crippen molar-refractivity contribution >= 4 is 29.1 Å². The molecule has 196 valence electrons. The van der Waals surface area contributed by atoms with Crippen LogP contribution < -0.4 is 14.4 Å². The molecule has 1 saturated heterocycles. The summed E-state index contributed by atoms with van der Waals surface area (Å²) in [6.45, 7) is 9.12. The van der Waals surface area contributed by atoms with E-state index in [4.69, 9.17) is 9.47 Å². The number of Topliss-reactive ketones (excluding diaryl/α,β-unsaturated/α-hetero) is 1. The van der Waals surface area contributed by atoms with Crippen LogP contribution in [0.25, 0.3) is 5.76 Å². The number of rotatable bonds is 6. The third kappa shape index (κ3) is 5.05. The first-order chi connectivity index (χ1) is 18.0. The lowest BCUT2D eigenvalue weighted by atomic mass is 9.93. The molecule has 1 fully saturated rings. The molecule has 7 heteroatoms. The van der Waals surface area contributed by atoms with Crippen molar-refractivity contribution < 1.29 is 29.0 Å². The molecule has 38 heavy (non-hydrogen) atoms. The van der Waals surface area contributed by atoms with Crippen LogP contribution in [0.2, 0.25) is 0 Å². The second kappa shape index (κ2) is 10.5. The van der Waals surface area contributed by atoms with Crippen molar-refractivity contribution in [3.05, 3.63) is 94.1 Å². The summed E-state index contributed by atoms with van der Waals surface area (Å²) in [6, 6.07) is 16.5. The summed E-state index contributed by atoms with van der Waals surface area (Å²) in [5.41, 5.74) is 4.10. The van der Waals surface area contributed by atoms with Gasteiger partial charge in [-0.2, -0.15) is 0 Å². The van der Waals surface area contributed by atoms with Gasteiger partial charge in [-0.1, -0.05) is 32.0 Å². The van der Waals surface area contributed by atoms with Gasteiger partial charge in [-0.15, -0.1) is 0 Å². The van der Waals surface area contributed by atoms with Gasteiger partial charge in [0, 0.05) is 18.2 Å². The molecule has 4 rings (SSSR count). The van der Waals surface area contributed by atoms with E-state index in [0.717, 1.165) is 16.7 Å². The van der Waals surface area contributed by atoms with Gasteiger partial charge in [0.1, 0.15) is 17.3 Å². The van der Waals surface area contributed by atoms with Crippen LogP contribution in [0.3, 0.4) is 0 Å². The minimum absolute atomic E-state index is 0.0472. The van der Waals surface area contributed by atoms with Crippen molar-refractivity contribution in [2.75, 3.05) is 12.0 Å². The fourth-order valence-electron chi connectivity index (χ4n) is 4.91. The molecular weight excluding hydrogens is 482 g/mol. The van der Waals surface area contributed by atoms with Crippen molar-refractivity contribution in [1.29, 1.82) is 0 Å². The maximum Gasteiger partial charge on any atom is 0.308 e. The van der Waals surface area contributed by atoms with Crippen molar-refractivity contribution in [3.8, 4) is 11.5 Å². The van der Waals surface area contributed by atoms with E-state index in [-0.39, 0.29) is 23.0 Å². The molecule has 3 aromatic carbocycles. The number of carbonyl (C=O) groups is 3. The Hall–Kier alpha value is -4.39. The summed E-state index contributed by atoms with van der Waals surface area (Å²) in [7, 11) is 1.58. The van der Waals surface area contributed by atoms with E-state index >= 15 is 0 Å². The molecule has 7 nitrogen and oxygen atoms in total. The molecule has 0 spiro atoms. The second-order valence-corrected chi connectivity index (χ2v) is 9.79. The Morgan fingerprint density at radius 2 is 1.66 bits per heavy atom. The number of aliphatic hydroxyl groups excluding tert-OH is 1. The molecule has 1 aliphatic rings. The number of hydrogen-bond donors (Lipinski definition) is 1. The molecule has 1 N–H and O–H groups in total. The second-order valence-electron chi connectivity index (χ2n) is 9.79. The van der Waals surface area contributed by atoms with Gasteiger partial charge in [0.15, 0.2) is 0 Å². The van der Waals surface area contributed by atoms with Crippen LogP contribution in [0.4, 0.5) is 5.69 Å². The van der Waals surface area contributed by atoms with E-state index in [1.54, 1.807) is 49.6 Å². The third-order valence-electron chi connectivity index (χ3n) is 6.49. The summed E-state index contributed by atoms with van der Waals surface area (Å²) in [5, 5.41) is 11.6. The summed E-state index contributed by atoms with van der Waals surface area (Å²) < 4.78 is 10.7. The number of nitrogens with zero attached hydrogens (tertiary/aromatic N) is 1. The standard InChI is InChI=1S/C31H31NO6/c1-17(2)25-16-22(10-11-26(25)37-6)29(34)27-28(21-8-7-9-24(15-21)38-20(5)33)32(31(36)30(27)35)23-13-18(3)12-19(4)14-23/h7-17,28,34H,1-6H3/b29-27+. The van der Waals surface area contributed by atoms with Gasteiger partial charge in [0.05, 0.1) is 18.7 Å². The number of aryl methyl sites for hydroxylation is 2. The molecular formula is C31H31NO6. The maximum absolute atomic E-state index is 13.5. The van der Waals surface area contributed by atoms with E-state index < -0.39 is 23.7 Å². The third-order valence-corrected chi connectivity index (χ3v) is 6.49. The highest BCUT2D eigenvalue weighted by Gasteiger charge is 2.47. The monoisotopic (exact) mass is 513 g/mol. The predicted octanol–water partition coefficient (Wildman–Crippen LogP) is 5.99. The van der Waals surface area contributed by atoms with Crippen LogP contribution >= 0.6 is 0 Å². The van der Waals surface area contributed by atoms with E-state index in [1.807, 2.05) is 45.9 Å². The van der Waals surface area contributed by atoms with Gasteiger partial charge in [-0.3, -0.25) is 19.3 Å². The van der Waals surface area contributed by atoms with Crippen molar-refractivity contribution in [3.63, 3.8) is 0 Å². The smallest absolute Gasteiger partial charge is 0.308 e. The number of esters is 1. The van der Waals surface area contributed by atoms with Gasteiger partial charge in [0.2, 0.25) is 0 Å². The minimum Gasteiger partial charge on any atom is -0.507 e. The van der Waals surface area contributed by atoms with Crippen LogP contribution in [0.1, 0.15) is 60.5 Å². The zero-order valence-corrected chi connectivity index (χ0v) is 22.4. The topological polar surface area (TPSA) is 93.1 Å².